The van der Waals surface area contributed by atoms with Crippen molar-refractivity contribution in [1.82, 2.24) is 10.2 Å². The molecule has 0 unspecified atom stereocenters. The highest BCUT2D eigenvalue weighted by molar-refractivity contribution is 7.07. The van der Waals surface area contributed by atoms with Gasteiger partial charge in [0.15, 0.2) is 0 Å². The summed E-state index contributed by atoms with van der Waals surface area (Å²) in [5.41, 5.74) is 1.43. The van der Waals surface area contributed by atoms with Crippen LogP contribution in [0.4, 0.5) is 0 Å². The van der Waals surface area contributed by atoms with Crippen molar-refractivity contribution < 1.29 is 0 Å². The topological polar surface area (TPSA) is 15.3 Å². The molecule has 2 nitrogen and oxygen atoms in total. The van der Waals surface area contributed by atoms with Gasteiger partial charge in [0.05, 0.1) is 0 Å². The van der Waals surface area contributed by atoms with Gasteiger partial charge >= 0.3 is 0 Å². The van der Waals surface area contributed by atoms with Crippen molar-refractivity contribution in [3.63, 3.8) is 0 Å². The van der Waals surface area contributed by atoms with Crippen LogP contribution in [0.5, 0.6) is 0 Å². The van der Waals surface area contributed by atoms with E-state index in [4.69, 9.17) is 0 Å². The Morgan fingerprint density at radius 1 is 1.53 bits per heavy atom. The SMILES string of the molecule is CN(CCNCC1CC1)Cc1ccsc1. The van der Waals surface area contributed by atoms with Crippen LogP contribution in [0.25, 0.3) is 0 Å². The maximum atomic E-state index is 3.52. The normalized spacial score (nSPS) is 16.1. The van der Waals surface area contributed by atoms with Gasteiger partial charge in [0.1, 0.15) is 0 Å². The summed E-state index contributed by atoms with van der Waals surface area (Å²) in [5, 5.41) is 7.90. The Kier molecular flexibility index (Phi) is 4.18. The molecule has 15 heavy (non-hydrogen) atoms. The molecule has 0 spiro atoms. The highest BCUT2D eigenvalue weighted by atomic mass is 32.1. The Bertz CT molecular complexity index is 267. The molecule has 0 saturated heterocycles. The van der Waals surface area contributed by atoms with E-state index in [0.29, 0.717) is 0 Å². The monoisotopic (exact) mass is 224 g/mol. The van der Waals surface area contributed by atoms with Crippen LogP contribution in [0.2, 0.25) is 0 Å². The number of thiophene rings is 1. The Morgan fingerprint density at radius 2 is 2.40 bits per heavy atom. The third-order valence-corrected chi connectivity index (χ3v) is 3.56. The molecule has 0 radical (unpaired) electrons. The molecule has 1 fully saturated rings. The third-order valence-electron chi connectivity index (χ3n) is 2.83. The van der Waals surface area contributed by atoms with Gasteiger partial charge in [-0.15, -0.1) is 0 Å². The van der Waals surface area contributed by atoms with E-state index in [1.807, 2.05) is 0 Å². The summed E-state index contributed by atoms with van der Waals surface area (Å²) in [4.78, 5) is 2.38. The Labute approximate surface area is 96.3 Å². The first kappa shape index (κ1) is 11.1. The van der Waals surface area contributed by atoms with Crippen LogP contribution in [0.3, 0.4) is 0 Å². The molecule has 1 aromatic heterocycles. The first-order valence-electron chi connectivity index (χ1n) is 5.75. The summed E-state index contributed by atoms with van der Waals surface area (Å²) in [5.74, 6) is 0.993. The maximum Gasteiger partial charge on any atom is 0.0239 e. The van der Waals surface area contributed by atoms with Gasteiger partial charge in [-0.25, -0.2) is 0 Å². The second-order valence-corrected chi connectivity index (χ2v) is 5.30. The fourth-order valence-electron chi connectivity index (χ4n) is 1.67. The van der Waals surface area contributed by atoms with E-state index in [2.05, 4.69) is 34.1 Å². The van der Waals surface area contributed by atoms with E-state index >= 15 is 0 Å². The summed E-state index contributed by atoms with van der Waals surface area (Å²) in [6, 6.07) is 2.21. The second-order valence-electron chi connectivity index (χ2n) is 4.52. The van der Waals surface area contributed by atoms with Crippen LogP contribution in [-0.4, -0.2) is 31.6 Å². The van der Waals surface area contributed by atoms with Gasteiger partial charge < -0.3 is 10.2 Å². The van der Waals surface area contributed by atoms with Crippen molar-refractivity contribution in [2.75, 3.05) is 26.7 Å². The highest BCUT2D eigenvalue weighted by Gasteiger charge is 2.19. The summed E-state index contributed by atoms with van der Waals surface area (Å²) < 4.78 is 0. The third kappa shape index (κ3) is 4.33. The molecule has 84 valence electrons. The zero-order chi connectivity index (χ0) is 10.5. The molecule has 1 saturated carbocycles. The van der Waals surface area contributed by atoms with Gasteiger partial charge in [0, 0.05) is 19.6 Å². The van der Waals surface area contributed by atoms with E-state index in [0.717, 1.165) is 25.6 Å². The summed E-state index contributed by atoms with van der Waals surface area (Å²) in [7, 11) is 2.19. The van der Waals surface area contributed by atoms with Gasteiger partial charge in [-0.3, -0.25) is 0 Å². The lowest BCUT2D eigenvalue weighted by Crippen LogP contribution is -2.29. The van der Waals surface area contributed by atoms with Crippen LogP contribution in [0.15, 0.2) is 16.8 Å². The molecule has 1 N–H and O–H groups in total. The van der Waals surface area contributed by atoms with Gasteiger partial charge in [0.2, 0.25) is 0 Å². The zero-order valence-electron chi connectivity index (χ0n) is 9.41. The number of nitrogens with one attached hydrogen (secondary N) is 1. The average molecular weight is 224 g/mol. The van der Waals surface area contributed by atoms with E-state index in [9.17, 15) is 0 Å². The van der Waals surface area contributed by atoms with E-state index in [1.54, 1.807) is 11.3 Å². The van der Waals surface area contributed by atoms with Gasteiger partial charge in [-0.05, 0) is 54.7 Å². The predicted octanol–water partition coefficient (Wildman–Crippen LogP) is 2.18. The molecule has 1 heterocycles. The summed E-state index contributed by atoms with van der Waals surface area (Å²) in [6.07, 6.45) is 2.88. The molecule has 3 heteroatoms. The highest BCUT2D eigenvalue weighted by Crippen LogP contribution is 2.27. The van der Waals surface area contributed by atoms with Gasteiger partial charge in [0.25, 0.3) is 0 Å². The summed E-state index contributed by atoms with van der Waals surface area (Å²) >= 11 is 1.78. The lowest BCUT2D eigenvalue weighted by atomic mass is 10.3. The minimum Gasteiger partial charge on any atom is -0.315 e. The smallest absolute Gasteiger partial charge is 0.0239 e. The van der Waals surface area contributed by atoms with Crippen LogP contribution >= 0.6 is 11.3 Å². The summed E-state index contributed by atoms with van der Waals surface area (Å²) in [6.45, 7) is 4.57. The molecule has 0 aromatic carbocycles. The van der Waals surface area contributed by atoms with Gasteiger partial charge in [-0.1, -0.05) is 0 Å². The van der Waals surface area contributed by atoms with Crippen molar-refractivity contribution in [2.24, 2.45) is 5.92 Å². The van der Waals surface area contributed by atoms with Crippen molar-refractivity contribution in [3.05, 3.63) is 22.4 Å². The molecule has 0 aliphatic heterocycles. The molecule has 1 aromatic rings. The molecule has 2 rings (SSSR count). The molecule has 0 atom stereocenters. The molecule has 1 aliphatic carbocycles. The fourth-order valence-corrected chi connectivity index (χ4v) is 2.33. The minimum atomic E-state index is 0.993. The number of hydrogen-bond acceptors (Lipinski definition) is 3. The van der Waals surface area contributed by atoms with Crippen LogP contribution in [0.1, 0.15) is 18.4 Å². The fraction of sp³-hybridized carbons (Fsp3) is 0.667. The number of likely N-dealkylation sites (N-methyl/N-ethyl adjacent to an activating group) is 1. The Balaban J connectivity index is 1.53. The van der Waals surface area contributed by atoms with Crippen molar-refractivity contribution in [1.29, 1.82) is 0 Å². The van der Waals surface area contributed by atoms with Gasteiger partial charge in [-0.2, -0.15) is 11.3 Å². The van der Waals surface area contributed by atoms with Crippen molar-refractivity contribution in [3.8, 4) is 0 Å². The molecular formula is C12H20N2S. The zero-order valence-corrected chi connectivity index (χ0v) is 10.2. The minimum absolute atomic E-state index is 0.993. The number of nitrogens with zero attached hydrogens (tertiary/aromatic N) is 1. The lowest BCUT2D eigenvalue weighted by Gasteiger charge is -2.16. The molecule has 1 aliphatic rings. The van der Waals surface area contributed by atoms with E-state index in [1.165, 1.54) is 24.9 Å². The number of rotatable bonds is 7. The maximum absolute atomic E-state index is 3.52. The largest absolute Gasteiger partial charge is 0.315 e. The first-order valence-corrected chi connectivity index (χ1v) is 6.69. The average Bonchev–Trinajstić information content (AvgIpc) is 2.91. The first-order chi connectivity index (χ1) is 7.34. The molecule has 0 amide bonds. The predicted molar refractivity (Wildman–Crippen MR) is 66.2 cm³/mol. The van der Waals surface area contributed by atoms with E-state index < -0.39 is 0 Å². The molecular weight excluding hydrogens is 204 g/mol. The molecule has 0 bridgehead atoms. The van der Waals surface area contributed by atoms with Crippen LogP contribution in [-0.2, 0) is 6.54 Å². The van der Waals surface area contributed by atoms with Crippen molar-refractivity contribution >= 4 is 11.3 Å². The van der Waals surface area contributed by atoms with Crippen LogP contribution < -0.4 is 5.32 Å². The second kappa shape index (κ2) is 5.64. The lowest BCUT2D eigenvalue weighted by molar-refractivity contribution is 0.324. The Morgan fingerprint density at radius 3 is 3.07 bits per heavy atom. The Hall–Kier alpha value is -0.380. The van der Waals surface area contributed by atoms with Crippen LogP contribution in [0, 0.1) is 5.92 Å². The standard InChI is InChI=1S/C12H20N2S/c1-14(9-12-4-7-15-10-12)6-5-13-8-11-2-3-11/h4,7,10-11,13H,2-3,5-6,8-9H2,1H3. The quantitative estimate of drug-likeness (QED) is 0.714. The van der Waals surface area contributed by atoms with E-state index in [-0.39, 0.29) is 0 Å². The number of hydrogen-bond donors (Lipinski definition) is 1. The van der Waals surface area contributed by atoms with Crippen molar-refractivity contribution in [2.45, 2.75) is 19.4 Å².